The molecule has 3 rings (SSSR count). The SMILES string of the molecule is CCNC(=O)[C@@H](OCn1cnc2c(N)nc(C#CC3(O)CCCC(C)C3)nc21)C(O)CO. The lowest BCUT2D eigenvalue weighted by molar-refractivity contribution is -0.147. The van der Waals surface area contributed by atoms with Crippen molar-refractivity contribution in [3.05, 3.63) is 12.2 Å². The fraction of sp³-hybridized carbons (Fsp3) is 0.619. The molecule has 1 aliphatic rings. The lowest BCUT2D eigenvalue weighted by Gasteiger charge is -2.30. The zero-order valence-corrected chi connectivity index (χ0v) is 18.3. The van der Waals surface area contributed by atoms with E-state index in [4.69, 9.17) is 10.5 Å². The van der Waals surface area contributed by atoms with Gasteiger partial charge in [0.05, 0.1) is 12.9 Å². The average Bonchev–Trinajstić information content (AvgIpc) is 3.16. The van der Waals surface area contributed by atoms with Crippen molar-refractivity contribution in [1.29, 1.82) is 0 Å². The normalized spacial score (nSPS) is 22.7. The monoisotopic (exact) mass is 446 g/mol. The Morgan fingerprint density at radius 1 is 1.50 bits per heavy atom. The fourth-order valence-corrected chi connectivity index (χ4v) is 3.82. The first-order valence-electron chi connectivity index (χ1n) is 10.7. The molecule has 2 aromatic rings. The standard InChI is InChI=1S/C21H30N6O5/c1-3-23-20(30)17(14(29)10-28)32-12-27-11-24-16-18(22)25-15(26-19(16)27)6-8-21(31)7-4-5-13(2)9-21/h11,13-14,17,28-29,31H,3-5,7,9-10,12H2,1-2H3,(H,23,30)(H2,22,25,26)/t13?,14?,17-,21?/m0/s1. The van der Waals surface area contributed by atoms with Gasteiger partial charge in [-0.3, -0.25) is 9.36 Å². The number of likely N-dealkylation sites (N-methyl/N-ethyl adjacent to an activating group) is 1. The van der Waals surface area contributed by atoms with Crippen molar-refractivity contribution in [2.45, 2.75) is 64.1 Å². The highest BCUT2D eigenvalue weighted by Gasteiger charge is 2.31. The van der Waals surface area contributed by atoms with Crippen LogP contribution in [0.2, 0.25) is 0 Å². The predicted octanol–water partition coefficient (Wildman–Crippen LogP) is -0.467. The van der Waals surface area contributed by atoms with E-state index in [-0.39, 0.29) is 18.4 Å². The number of imidazole rings is 1. The van der Waals surface area contributed by atoms with E-state index in [1.165, 1.54) is 10.9 Å². The minimum absolute atomic E-state index is 0.123. The van der Waals surface area contributed by atoms with Gasteiger partial charge in [0.15, 0.2) is 17.6 Å². The van der Waals surface area contributed by atoms with Crippen molar-refractivity contribution >= 4 is 22.9 Å². The number of amides is 1. The summed E-state index contributed by atoms with van der Waals surface area (Å²) in [7, 11) is 0. The summed E-state index contributed by atoms with van der Waals surface area (Å²) in [5.41, 5.74) is 5.60. The van der Waals surface area contributed by atoms with E-state index in [2.05, 4.69) is 39.0 Å². The number of carbonyl (C=O) groups is 1. The molecular formula is C21H30N6O5. The topological polar surface area (TPSA) is 169 Å². The van der Waals surface area contributed by atoms with Crippen LogP contribution >= 0.6 is 0 Å². The summed E-state index contributed by atoms with van der Waals surface area (Å²) in [4.78, 5) is 24.9. The number of hydrogen-bond acceptors (Lipinski definition) is 9. The second-order valence-electron chi connectivity index (χ2n) is 8.16. The van der Waals surface area contributed by atoms with Crippen LogP contribution in [0.15, 0.2) is 6.33 Å². The number of aromatic nitrogens is 4. The molecule has 32 heavy (non-hydrogen) atoms. The van der Waals surface area contributed by atoms with Crippen LogP contribution in [0.5, 0.6) is 0 Å². The lowest BCUT2D eigenvalue weighted by atomic mass is 9.79. The van der Waals surface area contributed by atoms with Crippen molar-refractivity contribution in [2.75, 3.05) is 18.9 Å². The van der Waals surface area contributed by atoms with Crippen LogP contribution in [-0.2, 0) is 16.3 Å². The molecule has 0 spiro atoms. The van der Waals surface area contributed by atoms with Gasteiger partial charge in [-0.15, -0.1) is 0 Å². The van der Waals surface area contributed by atoms with Gasteiger partial charge in [-0.2, -0.15) is 0 Å². The molecule has 2 aromatic heterocycles. The highest BCUT2D eigenvalue weighted by molar-refractivity contribution is 5.82. The molecule has 0 aromatic carbocycles. The summed E-state index contributed by atoms with van der Waals surface area (Å²) in [6.45, 7) is 3.35. The van der Waals surface area contributed by atoms with E-state index in [9.17, 15) is 20.1 Å². The Hall–Kier alpha value is -2.78. The Morgan fingerprint density at radius 2 is 2.28 bits per heavy atom. The van der Waals surface area contributed by atoms with Crippen LogP contribution in [-0.4, -0.2) is 71.7 Å². The molecule has 1 fully saturated rings. The molecule has 0 aliphatic heterocycles. The molecule has 3 unspecified atom stereocenters. The highest BCUT2D eigenvalue weighted by atomic mass is 16.5. The van der Waals surface area contributed by atoms with Gasteiger partial charge in [0.25, 0.3) is 5.91 Å². The number of rotatable bonds is 7. The van der Waals surface area contributed by atoms with Crippen molar-refractivity contribution in [3.63, 3.8) is 0 Å². The van der Waals surface area contributed by atoms with Gasteiger partial charge in [0.2, 0.25) is 5.82 Å². The number of anilines is 1. The number of hydrogen-bond donors (Lipinski definition) is 5. The molecule has 11 heteroatoms. The third-order valence-electron chi connectivity index (χ3n) is 5.41. The molecule has 6 N–H and O–H groups in total. The summed E-state index contributed by atoms with van der Waals surface area (Å²) < 4.78 is 7.04. The van der Waals surface area contributed by atoms with Gasteiger partial charge < -0.3 is 31.1 Å². The van der Waals surface area contributed by atoms with Gasteiger partial charge in [0.1, 0.15) is 24.0 Å². The summed E-state index contributed by atoms with van der Waals surface area (Å²) in [6.07, 6.45) is 1.92. The van der Waals surface area contributed by atoms with Crippen molar-refractivity contribution in [1.82, 2.24) is 24.8 Å². The van der Waals surface area contributed by atoms with Crippen LogP contribution in [0, 0.1) is 17.8 Å². The van der Waals surface area contributed by atoms with E-state index >= 15 is 0 Å². The second kappa shape index (κ2) is 10.2. The maximum absolute atomic E-state index is 12.1. The van der Waals surface area contributed by atoms with E-state index in [0.29, 0.717) is 36.5 Å². The number of fused-ring (bicyclic) bond motifs is 1. The third-order valence-corrected chi connectivity index (χ3v) is 5.41. The Balaban J connectivity index is 1.83. The molecule has 0 saturated heterocycles. The van der Waals surface area contributed by atoms with Gasteiger partial charge in [0, 0.05) is 6.54 Å². The van der Waals surface area contributed by atoms with Gasteiger partial charge in [-0.25, -0.2) is 15.0 Å². The van der Waals surface area contributed by atoms with Crippen molar-refractivity contribution in [3.8, 4) is 11.8 Å². The van der Waals surface area contributed by atoms with Gasteiger partial charge in [-0.1, -0.05) is 19.3 Å². The zero-order valence-electron chi connectivity index (χ0n) is 18.3. The summed E-state index contributed by atoms with van der Waals surface area (Å²) in [5, 5.41) is 32.4. The molecule has 1 amide bonds. The number of nitrogen functional groups attached to an aromatic ring is 1. The minimum atomic E-state index is -1.39. The molecule has 2 heterocycles. The first-order chi connectivity index (χ1) is 15.3. The summed E-state index contributed by atoms with van der Waals surface area (Å²) >= 11 is 0. The molecule has 11 nitrogen and oxygen atoms in total. The minimum Gasteiger partial charge on any atom is -0.394 e. The maximum atomic E-state index is 12.1. The summed E-state index contributed by atoms with van der Waals surface area (Å²) in [6, 6.07) is 0. The number of nitrogens with zero attached hydrogens (tertiary/aromatic N) is 4. The number of aliphatic hydroxyl groups excluding tert-OH is 2. The number of nitrogens with two attached hydrogens (primary N) is 1. The van der Waals surface area contributed by atoms with Gasteiger partial charge >= 0.3 is 0 Å². The largest absolute Gasteiger partial charge is 0.394 e. The fourth-order valence-electron chi connectivity index (χ4n) is 3.82. The average molecular weight is 447 g/mol. The molecule has 174 valence electrons. The zero-order chi connectivity index (χ0) is 23.3. The number of carbonyl (C=O) groups excluding carboxylic acids is 1. The van der Waals surface area contributed by atoms with E-state index in [1.54, 1.807) is 6.92 Å². The second-order valence-corrected chi connectivity index (χ2v) is 8.16. The molecule has 0 bridgehead atoms. The molecule has 0 radical (unpaired) electrons. The molecule has 1 aliphatic carbocycles. The predicted molar refractivity (Wildman–Crippen MR) is 116 cm³/mol. The van der Waals surface area contributed by atoms with Crippen LogP contribution in [0.1, 0.15) is 45.4 Å². The van der Waals surface area contributed by atoms with Crippen molar-refractivity contribution in [2.24, 2.45) is 5.92 Å². The van der Waals surface area contributed by atoms with E-state index < -0.39 is 30.3 Å². The van der Waals surface area contributed by atoms with Crippen molar-refractivity contribution < 1.29 is 24.9 Å². The van der Waals surface area contributed by atoms with Crippen LogP contribution in [0.25, 0.3) is 11.2 Å². The number of ether oxygens (including phenoxy) is 1. The van der Waals surface area contributed by atoms with Crippen LogP contribution in [0.4, 0.5) is 5.82 Å². The highest BCUT2D eigenvalue weighted by Crippen LogP contribution is 2.31. The molecular weight excluding hydrogens is 416 g/mol. The number of aliphatic hydroxyl groups is 3. The Labute approximate surface area is 186 Å². The van der Waals surface area contributed by atoms with Crippen LogP contribution in [0.3, 0.4) is 0 Å². The first-order valence-corrected chi connectivity index (χ1v) is 10.7. The first kappa shape index (κ1) is 23.9. The maximum Gasteiger partial charge on any atom is 0.252 e. The van der Waals surface area contributed by atoms with Gasteiger partial charge in [-0.05, 0) is 38.0 Å². The molecule has 4 atom stereocenters. The Bertz CT molecular complexity index is 1020. The summed E-state index contributed by atoms with van der Waals surface area (Å²) in [5.74, 6) is 5.84. The van der Waals surface area contributed by atoms with E-state index in [1.807, 2.05) is 0 Å². The quantitative estimate of drug-likeness (QED) is 0.353. The lowest BCUT2D eigenvalue weighted by Crippen LogP contribution is -2.45. The Morgan fingerprint density at radius 3 is 2.97 bits per heavy atom. The van der Waals surface area contributed by atoms with E-state index in [0.717, 1.165) is 12.8 Å². The third kappa shape index (κ3) is 5.52. The smallest absolute Gasteiger partial charge is 0.252 e. The number of nitrogens with one attached hydrogen (secondary N) is 1. The van der Waals surface area contributed by atoms with Crippen LogP contribution < -0.4 is 11.1 Å². The Kier molecular flexibility index (Phi) is 7.63. The molecule has 1 saturated carbocycles.